The molecule has 7 heteroatoms. The second kappa shape index (κ2) is 6.21. The molecule has 0 aliphatic carbocycles. The van der Waals surface area contributed by atoms with Crippen LogP contribution in [0.5, 0.6) is 0 Å². The van der Waals surface area contributed by atoms with Crippen molar-refractivity contribution in [2.24, 2.45) is 7.05 Å². The summed E-state index contributed by atoms with van der Waals surface area (Å²) in [5.41, 5.74) is 6.21. The number of hydrogen-bond donors (Lipinski definition) is 2. The fourth-order valence-electron chi connectivity index (χ4n) is 1.37. The molecule has 0 bridgehead atoms. The van der Waals surface area contributed by atoms with Crippen LogP contribution in [0.4, 0.5) is 5.69 Å². The molecule has 1 rings (SSSR count). The average molecular weight is 242 g/mol. The van der Waals surface area contributed by atoms with Crippen LogP contribution in [0.15, 0.2) is 6.20 Å². The van der Waals surface area contributed by atoms with E-state index in [1.807, 2.05) is 0 Å². The number of aromatic nitrogens is 2. The highest BCUT2D eigenvalue weighted by Crippen LogP contribution is 2.07. The Morgan fingerprint density at radius 2 is 2.35 bits per heavy atom. The molecule has 0 aliphatic heterocycles. The van der Waals surface area contributed by atoms with E-state index in [9.17, 15) is 4.79 Å². The molecule has 0 aliphatic rings. The number of rotatable bonds is 6. The number of carbonyl (C=O) groups excluding carboxylic acids is 1. The van der Waals surface area contributed by atoms with Crippen molar-refractivity contribution >= 4 is 11.6 Å². The minimum absolute atomic E-state index is 0.186. The van der Waals surface area contributed by atoms with Gasteiger partial charge in [0, 0.05) is 34.0 Å². The largest absolute Gasteiger partial charge is 0.396 e. The maximum atomic E-state index is 11.7. The van der Waals surface area contributed by atoms with Gasteiger partial charge >= 0.3 is 0 Å². The van der Waals surface area contributed by atoms with Gasteiger partial charge in [-0.15, -0.1) is 0 Å². The molecule has 0 aromatic carbocycles. The Morgan fingerprint density at radius 1 is 1.65 bits per heavy atom. The second-order valence-electron chi connectivity index (χ2n) is 3.63. The molecule has 0 saturated carbocycles. The quantitative estimate of drug-likeness (QED) is 0.694. The molecule has 1 aromatic rings. The van der Waals surface area contributed by atoms with E-state index in [0.717, 1.165) is 0 Å². The van der Waals surface area contributed by atoms with Crippen LogP contribution in [0.3, 0.4) is 0 Å². The maximum absolute atomic E-state index is 11.7. The summed E-state index contributed by atoms with van der Waals surface area (Å²) in [6.07, 6.45) is 1.40. The summed E-state index contributed by atoms with van der Waals surface area (Å²) in [5, 5.41) is 6.66. The molecule has 0 fully saturated rings. The number of nitrogens with zero attached hydrogens (tertiary/aromatic N) is 2. The molecule has 1 atom stereocenters. The maximum Gasteiger partial charge on any atom is 0.274 e. The van der Waals surface area contributed by atoms with Crippen LogP contribution in [0, 0.1) is 0 Å². The third kappa shape index (κ3) is 3.72. The summed E-state index contributed by atoms with van der Waals surface area (Å²) >= 11 is 0. The van der Waals surface area contributed by atoms with Crippen molar-refractivity contribution in [3.63, 3.8) is 0 Å². The highest BCUT2D eigenvalue weighted by molar-refractivity contribution is 5.96. The number of nitrogen functional groups attached to an aromatic ring is 1. The predicted molar refractivity (Wildman–Crippen MR) is 62.6 cm³/mol. The standard InChI is InChI=1S/C10H18N4O3/c1-14-5-8(11)9(13-14)10(15)12-4-7(17-3)6-16-2/h5,7H,4,6,11H2,1-3H3,(H,12,15). The van der Waals surface area contributed by atoms with Crippen molar-refractivity contribution in [1.29, 1.82) is 0 Å². The smallest absolute Gasteiger partial charge is 0.274 e. The van der Waals surface area contributed by atoms with Gasteiger partial charge in [-0.2, -0.15) is 5.10 Å². The average Bonchev–Trinajstić information content (AvgIpc) is 2.63. The van der Waals surface area contributed by atoms with Gasteiger partial charge in [0.15, 0.2) is 5.69 Å². The van der Waals surface area contributed by atoms with E-state index < -0.39 is 0 Å². The molecular weight excluding hydrogens is 224 g/mol. The van der Waals surface area contributed by atoms with E-state index in [4.69, 9.17) is 15.2 Å². The Labute approximate surface area is 99.9 Å². The first-order chi connectivity index (χ1) is 8.08. The molecule has 17 heavy (non-hydrogen) atoms. The van der Waals surface area contributed by atoms with Gasteiger partial charge < -0.3 is 20.5 Å². The molecule has 3 N–H and O–H groups in total. The van der Waals surface area contributed by atoms with Crippen molar-refractivity contribution in [3.05, 3.63) is 11.9 Å². The number of anilines is 1. The molecule has 0 spiro atoms. The number of nitrogens with two attached hydrogens (primary N) is 1. The normalized spacial score (nSPS) is 12.4. The minimum Gasteiger partial charge on any atom is -0.396 e. The highest BCUT2D eigenvalue weighted by Gasteiger charge is 2.15. The van der Waals surface area contributed by atoms with Crippen LogP contribution in [0.2, 0.25) is 0 Å². The zero-order chi connectivity index (χ0) is 12.8. The Hall–Kier alpha value is -1.60. The van der Waals surface area contributed by atoms with Gasteiger partial charge in [0.05, 0.1) is 18.4 Å². The van der Waals surface area contributed by atoms with Crippen LogP contribution >= 0.6 is 0 Å². The van der Waals surface area contributed by atoms with Crippen LogP contribution < -0.4 is 11.1 Å². The number of methoxy groups -OCH3 is 2. The lowest BCUT2D eigenvalue weighted by Gasteiger charge is -2.14. The summed E-state index contributed by atoms with van der Waals surface area (Å²) in [5.74, 6) is -0.318. The van der Waals surface area contributed by atoms with Crippen LogP contribution in [-0.4, -0.2) is 49.2 Å². The molecule has 1 amide bonds. The van der Waals surface area contributed by atoms with Gasteiger partial charge in [0.25, 0.3) is 5.91 Å². The number of hydrogen-bond acceptors (Lipinski definition) is 5. The van der Waals surface area contributed by atoms with E-state index in [-0.39, 0.29) is 17.7 Å². The molecular formula is C10H18N4O3. The van der Waals surface area contributed by atoms with Crippen LogP contribution in [-0.2, 0) is 16.5 Å². The van der Waals surface area contributed by atoms with Gasteiger partial charge in [-0.3, -0.25) is 9.48 Å². The number of amides is 1. The molecule has 0 radical (unpaired) electrons. The molecule has 1 unspecified atom stereocenters. The van der Waals surface area contributed by atoms with Gasteiger partial charge in [-0.05, 0) is 0 Å². The molecule has 1 heterocycles. The van der Waals surface area contributed by atoms with Crippen molar-refractivity contribution in [3.8, 4) is 0 Å². The topological polar surface area (TPSA) is 91.4 Å². The first-order valence-electron chi connectivity index (χ1n) is 5.17. The summed E-state index contributed by atoms with van der Waals surface area (Å²) in [6.45, 7) is 0.758. The van der Waals surface area contributed by atoms with Crippen molar-refractivity contribution in [2.45, 2.75) is 6.10 Å². The zero-order valence-electron chi connectivity index (χ0n) is 10.3. The van der Waals surface area contributed by atoms with Gasteiger partial charge in [-0.1, -0.05) is 0 Å². The molecule has 96 valence electrons. The first kappa shape index (κ1) is 13.5. The molecule has 7 nitrogen and oxygen atoms in total. The molecule has 1 aromatic heterocycles. The Bertz CT molecular complexity index is 378. The zero-order valence-corrected chi connectivity index (χ0v) is 10.3. The summed E-state index contributed by atoms with van der Waals surface area (Å²) in [7, 11) is 4.84. The lowest BCUT2D eigenvalue weighted by Crippen LogP contribution is -2.36. The van der Waals surface area contributed by atoms with Crippen LogP contribution in [0.25, 0.3) is 0 Å². The molecule has 0 saturated heterocycles. The first-order valence-corrected chi connectivity index (χ1v) is 5.17. The third-order valence-electron chi connectivity index (χ3n) is 2.25. The SMILES string of the molecule is COCC(CNC(=O)c1nn(C)cc1N)OC. The van der Waals surface area contributed by atoms with Crippen molar-refractivity contribution in [1.82, 2.24) is 15.1 Å². The fraction of sp³-hybridized carbons (Fsp3) is 0.600. The summed E-state index contributed by atoms with van der Waals surface area (Å²) in [4.78, 5) is 11.7. The monoisotopic (exact) mass is 242 g/mol. The van der Waals surface area contributed by atoms with Gasteiger partial charge in [0.1, 0.15) is 0 Å². The summed E-state index contributed by atoms with van der Waals surface area (Å²) < 4.78 is 11.5. The number of aryl methyl sites for hydroxylation is 1. The van der Waals surface area contributed by atoms with Gasteiger partial charge in [-0.25, -0.2) is 0 Å². The number of nitrogens with one attached hydrogen (secondary N) is 1. The lowest BCUT2D eigenvalue weighted by atomic mass is 10.3. The predicted octanol–water partition coefficient (Wildman–Crippen LogP) is -0.606. The highest BCUT2D eigenvalue weighted by atomic mass is 16.5. The minimum atomic E-state index is -0.318. The van der Waals surface area contributed by atoms with E-state index in [1.165, 1.54) is 4.68 Å². The van der Waals surface area contributed by atoms with E-state index in [2.05, 4.69) is 10.4 Å². The van der Waals surface area contributed by atoms with E-state index >= 15 is 0 Å². The Kier molecular flexibility index (Phi) is 4.92. The third-order valence-corrected chi connectivity index (χ3v) is 2.25. The van der Waals surface area contributed by atoms with Crippen molar-refractivity contribution in [2.75, 3.05) is 33.1 Å². The van der Waals surface area contributed by atoms with E-state index in [1.54, 1.807) is 27.5 Å². The Morgan fingerprint density at radius 3 is 2.82 bits per heavy atom. The second-order valence-corrected chi connectivity index (χ2v) is 3.63. The van der Waals surface area contributed by atoms with Crippen LogP contribution in [0.1, 0.15) is 10.5 Å². The number of carbonyl (C=O) groups is 1. The Balaban J connectivity index is 2.52. The van der Waals surface area contributed by atoms with Crippen molar-refractivity contribution < 1.29 is 14.3 Å². The van der Waals surface area contributed by atoms with E-state index in [0.29, 0.717) is 18.8 Å². The lowest BCUT2D eigenvalue weighted by molar-refractivity contribution is 0.0285. The van der Waals surface area contributed by atoms with Gasteiger partial charge in [0.2, 0.25) is 0 Å². The fourth-order valence-corrected chi connectivity index (χ4v) is 1.37. The number of ether oxygens (including phenoxy) is 2. The summed E-state index contributed by atoms with van der Waals surface area (Å²) in [6, 6.07) is 0.